The lowest BCUT2D eigenvalue weighted by molar-refractivity contribution is -0.140. The van der Waals surface area contributed by atoms with E-state index in [1.165, 1.54) is 11.3 Å². The van der Waals surface area contributed by atoms with Crippen molar-refractivity contribution < 1.29 is 27.5 Å². The van der Waals surface area contributed by atoms with Gasteiger partial charge < -0.3 is 10.1 Å². The van der Waals surface area contributed by atoms with Crippen molar-refractivity contribution in [2.75, 3.05) is 13.2 Å². The monoisotopic (exact) mass is 349 g/mol. The molecule has 0 radical (unpaired) electrons. The fourth-order valence-electron chi connectivity index (χ4n) is 2.50. The number of ether oxygens (including phenoxy) is 1. The smallest absolute Gasteiger partial charge is 0.405 e. The Kier molecular flexibility index (Phi) is 5.67. The van der Waals surface area contributed by atoms with Gasteiger partial charge >= 0.3 is 12.1 Å². The molecule has 1 aromatic rings. The standard InChI is InChI=1S/C15H18F3NO3S/c1-2-9-3-4-11-10(5-9)6-12(23-11)14(21)22-7-13(20)19-8-15(16,17)18/h6,9H,2-5,7-8H2,1H3,(H,19,20)/t9-/m1/s1. The molecule has 1 amide bonds. The zero-order chi connectivity index (χ0) is 17.0. The quantitative estimate of drug-likeness (QED) is 0.831. The van der Waals surface area contributed by atoms with Crippen molar-refractivity contribution in [1.29, 1.82) is 0 Å². The van der Waals surface area contributed by atoms with Gasteiger partial charge in [0.05, 0.1) is 0 Å². The molecule has 1 heterocycles. The minimum atomic E-state index is -4.48. The van der Waals surface area contributed by atoms with E-state index < -0.39 is 31.2 Å². The van der Waals surface area contributed by atoms with E-state index in [1.807, 2.05) is 0 Å². The van der Waals surface area contributed by atoms with Crippen LogP contribution in [-0.4, -0.2) is 31.2 Å². The summed E-state index contributed by atoms with van der Waals surface area (Å²) in [5.41, 5.74) is 1.14. The van der Waals surface area contributed by atoms with Gasteiger partial charge in [0.15, 0.2) is 6.61 Å². The Labute approximate surface area is 136 Å². The van der Waals surface area contributed by atoms with Crippen LogP contribution in [-0.2, 0) is 22.4 Å². The van der Waals surface area contributed by atoms with Crippen LogP contribution in [0.25, 0.3) is 0 Å². The second kappa shape index (κ2) is 7.33. The number of hydrogen-bond donors (Lipinski definition) is 1. The van der Waals surface area contributed by atoms with Crippen LogP contribution in [0.3, 0.4) is 0 Å². The summed E-state index contributed by atoms with van der Waals surface area (Å²) in [4.78, 5) is 24.7. The topological polar surface area (TPSA) is 55.4 Å². The zero-order valence-electron chi connectivity index (χ0n) is 12.7. The van der Waals surface area contributed by atoms with Gasteiger partial charge in [-0.3, -0.25) is 4.79 Å². The van der Waals surface area contributed by atoms with E-state index in [2.05, 4.69) is 6.92 Å². The molecule has 8 heteroatoms. The molecule has 1 N–H and O–H groups in total. The van der Waals surface area contributed by atoms with E-state index in [0.717, 1.165) is 36.1 Å². The molecule has 0 aliphatic heterocycles. The van der Waals surface area contributed by atoms with Gasteiger partial charge in [-0.1, -0.05) is 13.3 Å². The Hall–Kier alpha value is -1.57. The number of carbonyl (C=O) groups is 2. The summed E-state index contributed by atoms with van der Waals surface area (Å²) >= 11 is 1.34. The second-order valence-electron chi connectivity index (χ2n) is 5.54. The first-order valence-corrected chi connectivity index (χ1v) is 8.22. The maximum Gasteiger partial charge on any atom is 0.405 e. The van der Waals surface area contributed by atoms with Crippen molar-refractivity contribution in [3.05, 3.63) is 21.4 Å². The van der Waals surface area contributed by atoms with Crippen LogP contribution < -0.4 is 5.32 Å². The van der Waals surface area contributed by atoms with E-state index in [-0.39, 0.29) is 0 Å². The SMILES string of the molecule is CC[C@@H]1CCc2sc(C(=O)OCC(=O)NCC(F)(F)F)cc2C1. The van der Waals surface area contributed by atoms with Crippen molar-refractivity contribution in [3.63, 3.8) is 0 Å². The molecule has 0 unspecified atom stereocenters. The van der Waals surface area contributed by atoms with Gasteiger partial charge in [0, 0.05) is 4.88 Å². The summed E-state index contributed by atoms with van der Waals surface area (Å²) in [6, 6.07) is 1.78. The van der Waals surface area contributed by atoms with Crippen LogP contribution in [0.5, 0.6) is 0 Å². The summed E-state index contributed by atoms with van der Waals surface area (Å²) < 4.78 is 40.6. The minimum absolute atomic E-state index is 0.398. The van der Waals surface area contributed by atoms with E-state index in [9.17, 15) is 22.8 Å². The van der Waals surface area contributed by atoms with E-state index in [4.69, 9.17) is 4.74 Å². The van der Waals surface area contributed by atoms with Crippen LogP contribution in [0.4, 0.5) is 13.2 Å². The first kappa shape index (κ1) is 17.8. The number of halogens is 3. The number of hydrogen-bond acceptors (Lipinski definition) is 4. The van der Waals surface area contributed by atoms with E-state index in [1.54, 1.807) is 11.4 Å². The maximum atomic E-state index is 12.0. The minimum Gasteiger partial charge on any atom is -0.451 e. The molecule has 4 nitrogen and oxygen atoms in total. The van der Waals surface area contributed by atoms with Crippen LogP contribution in [0.1, 0.15) is 39.9 Å². The lowest BCUT2D eigenvalue weighted by atomic mass is 9.87. The number of rotatable bonds is 5. The first-order chi connectivity index (χ1) is 10.8. The van der Waals surface area contributed by atoms with E-state index >= 15 is 0 Å². The third kappa shape index (κ3) is 5.23. The Morgan fingerprint density at radius 2 is 2.17 bits per heavy atom. The van der Waals surface area contributed by atoms with Gasteiger partial charge in [0.1, 0.15) is 11.4 Å². The summed E-state index contributed by atoms with van der Waals surface area (Å²) in [7, 11) is 0. The van der Waals surface area contributed by atoms with Crippen LogP contribution in [0.15, 0.2) is 6.07 Å². The lowest BCUT2D eigenvalue weighted by Gasteiger charge is -2.19. The lowest BCUT2D eigenvalue weighted by Crippen LogP contribution is -2.36. The molecule has 1 aromatic heterocycles. The average Bonchev–Trinajstić information content (AvgIpc) is 2.92. The molecule has 1 aliphatic carbocycles. The summed E-state index contributed by atoms with van der Waals surface area (Å²) in [5, 5.41) is 1.65. The maximum absolute atomic E-state index is 12.0. The van der Waals surface area contributed by atoms with Gasteiger partial charge in [0.2, 0.25) is 0 Å². The summed E-state index contributed by atoms with van der Waals surface area (Å²) in [6.07, 6.45) is -0.436. The van der Waals surface area contributed by atoms with E-state index in [0.29, 0.717) is 10.8 Å². The Morgan fingerprint density at radius 1 is 1.43 bits per heavy atom. The Morgan fingerprint density at radius 3 is 2.83 bits per heavy atom. The molecule has 23 heavy (non-hydrogen) atoms. The van der Waals surface area contributed by atoms with Crippen LogP contribution in [0, 0.1) is 5.92 Å². The molecule has 0 fully saturated rings. The van der Waals surface area contributed by atoms with Gasteiger partial charge in [-0.2, -0.15) is 13.2 Å². The number of fused-ring (bicyclic) bond motifs is 1. The fraction of sp³-hybridized carbons (Fsp3) is 0.600. The van der Waals surface area contributed by atoms with Crippen LogP contribution >= 0.6 is 11.3 Å². The number of alkyl halides is 3. The second-order valence-corrected chi connectivity index (χ2v) is 6.68. The van der Waals surface area contributed by atoms with Crippen molar-refractivity contribution in [2.24, 2.45) is 5.92 Å². The molecule has 0 spiro atoms. The van der Waals surface area contributed by atoms with Gasteiger partial charge in [0.25, 0.3) is 5.91 Å². The molecule has 1 atom stereocenters. The number of carbonyl (C=O) groups excluding carboxylic acids is 2. The molecule has 1 aliphatic rings. The highest BCUT2D eigenvalue weighted by Gasteiger charge is 2.28. The van der Waals surface area contributed by atoms with Crippen molar-refractivity contribution in [2.45, 2.75) is 38.8 Å². The Bertz CT molecular complexity index is 583. The molecular formula is C15H18F3NO3S. The largest absolute Gasteiger partial charge is 0.451 e. The third-order valence-corrected chi connectivity index (χ3v) is 5.00. The fourth-order valence-corrected chi connectivity index (χ4v) is 3.60. The number of nitrogens with one attached hydrogen (secondary N) is 1. The predicted molar refractivity (Wildman–Crippen MR) is 79.5 cm³/mol. The average molecular weight is 349 g/mol. The number of esters is 1. The molecule has 0 bridgehead atoms. The molecule has 128 valence electrons. The van der Waals surface area contributed by atoms with Gasteiger partial charge in [-0.15, -0.1) is 11.3 Å². The van der Waals surface area contributed by atoms with Crippen molar-refractivity contribution in [1.82, 2.24) is 5.32 Å². The van der Waals surface area contributed by atoms with Crippen molar-refractivity contribution in [3.8, 4) is 0 Å². The van der Waals surface area contributed by atoms with Crippen LogP contribution in [0.2, 0.25) is 0 Å². The Balaban J connectivity index is 1.85. The third-order valence-electron chi connectivity index (χ3n) is 3.78. The first-order valence-electron chi connectivity index (χ1n) is 7.40. The van der Waals surface area contributed by atoms with Gasteiger partial charge in [-0.05, 0) is 36.8 Å². The molecule has 2 rings (SSSR count). The normalized spacial score (nSPS) is 17.5. The highest BCUT2D eigenvalue weighted by Crippen LogP contribution is 2.33. The molecular weight excluding hydrogens is 331 g/mol. The summed E-state index contributed by atoms with van der Waals surface area (Å²) in [6.45, 7) is -0.0130. The summed E-state index contributed by atoms with van der Waals surface area (Å²) in [5.74, 6) is -1.02. The highest BCUT2D eigenvalue weighted by atomic mass is 32.1. The molecule has 0 aromatic carbocycles. The predicted octanol–water partition coefficient (Wildman–Crippen LogP) is 3.10. The number of thiophene rings is 1. The molecule has 0 saturated carbocycles. The number of aryl methyl sites for hydroxylation is 1. The zero-order valence-corrected chi connectivity index (χ0v) is 13.5. The highest BCUT2D eigenvalue weighted by molar-refractivity contribution is 7.14. The molecule has 0 saturated heterocycles. The number of amides is 1. The van der Waals surface area contributed by atoms with Crippen molar-refractivity contribution >= 4 is 23.2 Å². The van der Waals surface area contributed by atoms with Gasteiger partial charge in [-0.25, -0.2) is 4.79 Å².